The molecule has 0 radical (unpaired) electrons. The number of carboxylic acid groups (broad SMARTS) is 1. The van der Waals surface area contributed by atoms with Gasteiger partial charge in [0.15, 0.2) is 5.13 Å². The molecular formula is C32H28N6O6S. The summed E-state index contributed by atoms with van der Waals surface area (Å²) >= 11 is 0.866. The molecule has 45 heavy (non-hydrogen) atoms. The molecule has 2 aliphatic heterocycles. The quantitative estimate of drug-likeness (QED) is 0.0893. The fraction of sp³-hybridized carbons (Fsp3) is 0.188. The van der Waals surface area contributed by atoms with E-state index in [0.29, 0.717) is 6.42 Å². The normalized spacial score (nSPS) is 18.2. The van der Waals surface area contributed by atoms with E-state index < -0.39 is 42.1 Å². The Morgan fingerprint density at radius 1 is 1.00 bits per heavy atom. The van der Waals surface area contributed by atoms with E-state index in [-0.39, 0.29) is 34.4 Å². The SMILES string of the molecule is Nc1nc(C(=NOC(c2ccccc2)(c2ccccc2)c2ccccc2)C(=O)N[C@@H]2C(=O)N3C(C(=O)O)=C(CO)CCC23)ns1. The number of aliphatic carboxylic acids is 1. The average molecular weight is 625 g/mol. The summed E-state index contributed by atoms with van der Waals surface area (Å²) in [7, 11) is 0. The lowest BCUT2D eigenvalue weighted by Gasteiger charge is -2.50. The van der Waals surface area contributed by atoms with Gasteiger partial charge >= 0.3 is 5.97 Å². The molecule has 6 rings (SSSR count). The van der Waals surface area contributed by atoms with Crippen molar-refractivity contribution in [2.75, 3.05) is 12.3 Å². The number of aromatic nitrogens is 2. The van der Waals surface area contributed by atoms with Crippen LogP contribution >= 0.6 is 11.5 Å². The van der Waals surface area contributed by atoms with Crippen LogP contribution < -0.4 is 11.1 Å². The monoisotopic (exact) mass is 624 g/mol. The molecule has 1 aromatic heterocycles. The second kappa shape index (κ2) is 12.3. The standard InChI is InChI=1S/C32H28N6O6S/c33-31-35-27(37-45-31)25(28(40)34-24-23-17-16-19(18-39)26(30(42)43)38(23)29(24)41)36-44-32(20-10-4-1-5-11-20,21-12-6-2-7-13-21)22-14-8-3-9-15-22/h1-15,23-24,39H,16-18H2,(H,34,40)(H,42,43)(H2,33,35,37)/t23?,24-/m0/s1. The number of nitrogen functional groups attached to an aromatic ring is 1. The van der Waals surface area contributed by atoms with E-state index in [4.69, 9.17) is 10.6 Å². The Bertz CT molecular complexity index is 1700. The summed E-state index contributed by atoms with van der Waals surface area (Å²) in [5.74, 6) is -2.84. The largest absolute Gasteiger partial charge is 0.477 e. The van der Waals surface area contributed by atoms with Crippen LogP contribution in [0.15, 0.2) is 107 Å². The first kappa shape index (κ1) is 29.7. The van der Waals surface area contributed by atoms with Gasteiger partial charge in [-0.1, -0.05) is 96.2 Å². The molecule has 4 aromatic rings. The summed E-state index contributed by atoms with van der Waals surface area (Å²) in [5.41, 5.74) is 6.43. The van der Waals surface area contributed by atoms with Crippen molar-refractivity contribution in [1.29, 1.82) is 0 Å². The number of fused-ring (bicyclic) bond motifs is 1. The van der Waals surface area contributed by atoms with Gasteiger partial charge in [0.25, 0.3) is 11.8 Å². The summed E-state index contributed by atoms with van der Waals surface area (Å²) in [6.45, 7) is -0.480. The molecule has 1 unspecified atom stereocenters. The Morgan fingerprint density at radius 2 is 1.56 bits per heavy atom. The Labute approximate surface area is 261 Å². The zero-order chi connectivity index (χ0) is 31.6. The molecule has 0 aliphatic carbocycles. The highest BCUT2D eigenvalue weighted by Crippen LogP contribution is 2.41. The van der Waals surface area contributed by atoms with Crippen LogP contribution in [0.3, 0.4) is 0 Å². The van der Waals surface area contributed by atoms with Gasteiger partial charge in [0.2, 0.25) is 17.1 Å². The first-order valence-corrected chi connectivity index (χ1v) is 14.8. The highest BCUT2D eigenvalue weighted by Gasteiger charge is 2.53. The van der Waals surface area contributed by atoms with Gasteiger partial charge in [0, 0.05) is 28.2 Å². The maximum absolute atomic E-state index is 13.9. The Hall–Kier alpha value is -5.40. The summed E-state index contributed by atoms with van der Waals surface area (Å²) in [5, 5.41) is 26.5. The topological polar surface area (TPSA) is 180 Å². The minimum absolute atomic E-state index is 0.0943. The number of rotatable bonds is 10. The number of benzene rings is 3. The van der Waals surface area contributed by atoms with Gasteiger partial charge in [-0.3, -0.25) is 14.5 Å². The van der Waals surface area contributed by atoms with Gasteiger partial charge in [0.1, 0.15) is 11.7 Å². The molecule has 3 heterocycles. The van der Waals surface area contributed by atoms with Crippen molar-refractivity contribution in [3.05, 3.63) is 125 Å². The van der Waals surface area contributed by atoms with E-state index >= 15 is 0 Å². The molecule has 12 nitrogen and oxygen atoms in total. The molecule has 2 amide bonds. The van der Waals surface area contributed by atoms with Crippen molar-refractivity contribution in [2.45, 2.75) is 30.5 Å². The van der Waals surface area contributed by atoms with E-state index in [9.17, 15) is 24.6 Å². The van der Waals surface area contributed by atoms with Gasteiger partial charge in [0.05, 0.1) is 12.6 Å². The van der Waals surface area contributed by atoms with Crippen molar-refractivity contribution in [2.24, 2.45) is 5.16 Å². The number of hydrogen-bond donors (Lipinski definition) is 4. The maximum atomic E-state index is 13.9. The lowest BCUT2D eigenvalue weighted by molar-refractivity contribution is -0.155. The van der Waals surface area contributed by atoms with Crippen molar-refractivity contribution in [1.82, 2.24) is 19.6 Å². The van der Waals surface area contributed by atoms with Crippen molar-refractivity contribution in [3.8, 4) is 0 Å². The number of amides is 2. The number of nitrogens with two attached hydrogens (primary N) is 1. The van der Waals surface area contributed by atoms with Crippen LogP contribution in [0, 0.1) is 0 Å². The van der Waals surface area contributed by atoms with Gasteiger partial charge in [-0.25, -0.2) is 4.79 Å². The molecule has 1 saturated heterocycles. The molecule has 0 saturated carbocycles. The van der Waals surface area contributed by atoms with Crippen molar-refractivity contribution in [3.63, 3.8) is 0 Å². The fourth-order valence-electron chi connectivity index (χ4n) is 5.81. The Balaban J connectivity index is 1.40. The predicted octanol–water partition coefficient (Wildman–Crippen LogP) is 2.65. The third-order valence-electron chi connectivity index (χ3n) is 7.90. The molecule has 3 aromatic carbocycles. The average Bonchev–Trinajstić information content (AvgIpc) is 3.51. The molecule has 0 spiro atoms. The van der Waals surface area contributed by atoms with Crippen molar-refractivity contribution >= 4 is 40.2 Å². The number of carboxylic acids is 1. The van der Waals surface area contributed by atoms with Crippen LogP contribution in [0.1, 0.15) is 35.4 Å². The van der Waals surface area contributed by atoms with Gasteiger partial charge in [-0.2, -0.15) is 9.36 Å². The van der Waals surface area contributed by atoms with Crippen LogP contribution in [0.25, 0.3) is 0 Å². The second-order valence-corrected chi connectivity index (χ2v) is 11.2. The molecular weight excluding hydrogens is 596 g/mol. The summed E-state index contributed by atoms with van der Waals surface area (Å²) in [6.07, 6.45) is 0.619. The molecule has 13 heteroatoms. The number of carbonyl (C=O) groups excluding carboxylic acids is 2. The zero-order valence-corrected chi connectivity index (χ0v) is 24.6. The lowest BCUT2D eigenvalue weighted by atomic mass is 9.80. The Kier molecular flexibility index (Phi) is 8.11. The van der Waals surface area contributed by atoms with Crippen molar-refractivity contribution < 1.29 is 29.4 Å². The van der Waals surface area contributed by atoms with E-state index in [2.05, 4.69) is 19.8 Å². The highest BCUT2D eigenvalue weighted by atomic mass is 32.1. The maximum Gasteiger partial charge on any atom is 0.352 e. The minimum atomic E-state index is -1.32. The lowest BCUT2D eigenvalue weighted by Crippen LogP contribution is -2.72. The molecule has 2 aliphatic rings. The second-order valence-electron chi connectivity index (χ2n) is 10.4. The number of nitrogens with one attached hydrogen (secondary N) is 1. The summed E-state index contributed by atoms with van der Waals surface area (Å²) in [6, 6.07) is 26.6. The number of oxime groups is 1. The predicted molar refractivity (Wildman–Crippen MR) is 165 cm³/mol. The molecule has 5 N–H and O–H groups in total. The van der Waals surface area contributed by atoms with Crippen LogP contribution in [0.4, 0.5) is 5.13 Å². The zero-order valence-electron chi connectivity index (χ0n) is 23.7. The van der Waals surface area contributed by atoms with Crippen LogP contribution in [0.2, 0.25) is 0 Å². The van der Waals surface area contributed by atoms with E-state index in [0.717, 1.165) is 33.1 Å². The first-order valence-electron chi connectivity index (χ1n) is 14.1. The molecule has 2 atom stereocenters. The smallest absolute Gasteiger partial charge is 0.352 e. The molecule has 228 valence electrons. The first-order chi connectivity index (χ1) is 21.8. The highest BCUT2D eigenvalue weighted by molar-refractivity contribution is 7.09. The minimum Gasteiger partial charge on any atom is -0.477 e. The number of β-lactam (4-membered cyclic amide) rings is 1. The van der Waals surface area contributed by atoms with Gasteiger partial charge in [-0.05, 0) is 18.4 Å². The van der Waals surface area contributed by atoms with E-state index in [1.165, 1.54) is 0 Å². The van der Waals surface area contributed by atoms with E-state index in [1.54, 1.807) is 0 Å². The number of hydrogen-bond acceptors (Lipinski definition) is 10. The van der Waals surface area contributed by atoms with Gasteiger partial charge < -0.3 is 26.1 Å². The molecule has 0 bridgehead atoms. The third kappa shape index (κ3) is 5.32. The fourth-order valence-corrected chi connectivity index (χ4v) is 6.24. The number of aliphatic hydroxyl groups is 1. The van der Waals surface area contributed by atoms with Crippen LogP contribution in [-0.4, -0.2) is 66.7 Å². The molecule has 1 fully saturated rings. The number of nitrogens with zero attached hydrogens (tertiary/aromatic N) is 4. The van der Waals surface area contributed by atoms with E-state index in [1.807, 2.05) is 91.0 Å². The van der Waals surface area contributed by atoms with Crippen LogP contribution in [0.5, 0.6) is 0 Å². The number of carbonyl (C=O) groups is 3. The third-order valence-corrected chi connectivity index (χ3v) is 8.44. The summed E-state index contributed by atoms with van der Waals surface area (Å²) in [4.78, 5) is 50.7. The Morgan fingerprint density at radius 3 is 2.02 bits per heavy atom. The number of anilines is 1. The summed E-state index contributed by atoms with van der Waals surface area (Å²) < 4.78 is 4.19. The van der Waals surface area contributed by atoms with Gasteiger partial charge in [-0.15, -0.1) is 0 Å². The van der Waals surface area contributed by atoms with Crippen LogP contribution in [-0.2, 0) is 24.8 Å². The number of aliphatic hydroxyl groups excluding tert-OH is 1.